The van der Waals surface area contributed by atoms with Crippen molar-refractivity contribution >= 4 is 15.8 Å². The van der Waals surface area contributed by atoms with Crippen LogP contribution in [0, 0.1) is 17.7 Å². The molecule has 1 aromatic carbocycles. The molecule has 7 heteroatoms. The summed E-state index contributed by atoms with van der Waals surface area (Å²) >= 11 is 0. The molecule has 0 aliphatic carbocycles. The molecule has 0 spiro atoms. The van der Waals surface area contributed by atoms with Gasteiger partial charge < -0.3 is 5.11 Å². The summed E-state index contributed by atoms with van der Waals surface area (Å²) in [5.74, 6) is 4.02. The predicted octanol–water partition coefficient (Wildman–Crippen LogP) is 1.37. The number of hydrogen-bond donors (Lipinski definition) is 2. The Morgan fingerprint density at radius 1 is 1.29 bits per heavy atom. The van der Waals surface area contributed by atoms with Gasteiger partial charge in [-0.3, -0.25) is 4.72 Å². The van der Waals surface area contributed by atoms with Gasteiger partial charge >= 0.3 is 0 Å². The lowest BCUT2D eigenvalue weighted by atomic mass is 10.2. The van der Waals surface area contributed by atoms with Gasteiger partial charge in [0.25, 0.3) is 10.0 Å². The van der Waals surface area contributed by atoms with Gasteiger partial charge in [0.05, 0.1) is 0 Å². The Balaban J connectivity index is 2.32. The second-order valence-corrected chi connectivity index (χ2v) is 5.58. The first kappa shape index (κ1) is 15.0. The highest BCUT2D eigenvalue weighted by molar-refractivity contribution is 7.92. The molecule has 0 aliphatic rings. The summed E-state index contributed by atoms with van der Waals surface area (Å²) in [5.41, 5.74) is 0.276. The van der Waals surface area contributed by atoms with Gasteiger partial charge in [-0.25, -0.2) is 17.8 Å². The van der Waals surface area contributed by atoms with E-state index >= 15 is 0 Å². The molecule has 0 unspecified atom stereocenters. The summed E-state index contributed by atoms with van der Waals surface area (Å²) < 4.78 is 40.3. The second kappa shape index (κ2) is 6.35. The van der Waals surface area contributed by atoms with Crippen molar-refractivity contribution in [2.24, 2.45) is 0 Å². The van der Waals surface area contributed by atoms with E-state index in [-0.39, 0.29) is 18.0 Å². The van der Waals surface area contributed by atoms with Crippen LogP contribution in [0.3, 0.4) is 0 Å². The fraction of sp³-hybridized carbons (Fsp3) is 0.0714. The van der Waals surface area contributed by atoms with Crippen LogP contribution >= 0.6 is 0 Å². The third-order valence-electron chi connectivity index (χ3n) is 2.44. The Morgan fingerprint density at radius 3 is 2.71 bits per heavy atom. The molecule has 1 heterocycles. The van der Waals surface area contributed by atoms with E-state index in [2.05, 4.69) is 21.5 Å². The molecule has 0 aliphatic heterocycles. The number of halogens is 1. The molecule has 0 radical (unpaired) electrons. The van der Waals surface area contributed by atoms with Crippen LogP contribution in [0.15, 0.2) is 47.5 Å². The van der Waals surface area contributed by atoms with Crippen LogP contribution < -0.4 is 4.72 Å². The molecule has 2 rings (SSSR count). The average molecular weight is 306 g/mol. The van der Waals surface area contributed by atoms with Crippen molar-refractivity contribution in [3.63, 3.8) is 0 Å². The largest absolute Gasteiger partial charge is 0.384 e. The minimum Gasteiger partial charge on any atom is -0.384 e. The van der Waals surface area contributed by atoms with Gasteiger partial charge in [-0.2, -0.15) is 0 Å². The van der Waals surface area contributed by atoms with Crippen molar-refractivity contribution in [2.75, 3.05) is 11.3 Å². The number of rotatable bonds is 3. The summed E-state index contributed by atoms with van der Waals surface area (Å²) in [7, 11) is -4.07. The van der Waals surface area contributed by atoms with Crippen molar-refractivity contribution in [1.82, 2.24) is 4.98 Å². The lowest BCUT2D eigenvalue weighted by molar-refractivity contribution is 0.350. The topological polar surface area (TPSA) is 79.3 Å². The van der Waals surface area contributed by atoms with E-state index in [9.17, 15) is 12.8 Å². The molecular formula is C14H11FN2O3S. The second-order valence-electron chi connectivity index (χ2n) is 3.93. The first-order valence-corrected chi connectivity index (χ1v) is 7.34. The molecule has 0 amide bonds. The number of anilines is 1. The number of hydrogen-bond acceptors (Lipinski definition) is 4. The van der Waals surface area contributed by atoms with Gasteiger partial charge in [-0.1, -0.05) is 17.9 Å². The van der Waals surface area contributed by atoms with Crippen LogP contribution in [0.1, 0.15) is 5.56 Å². The van der Waals surface area contributed by atoms with E-state index < -0.39 is 20.7 Å². The molecule has 5 nitrogen and oxygen atoms in total. The molecule has 21 heavy (non-hydrogen) atoms. The standard InChI is InChI=1S/C14H11FN2O3S/c15-12-10-11(4-3-9-18)6-7-13(12)21(19,20)17-14-5-1-2-8-16-14/h1-2,5-8,10,18H,9H2,(H,16,17). The zero-order valence-corrected chi connectivity index (χ0v) is 11.6. The highest BCUT2D eigenvalue weighted by Gasteiger charge is 2.19. The highest BCUT2D eigenvalue weighted by Crippen LogP contribution is 2.18. The Bertz CT molecular complexity index is 796. The summed E-state index contributed by atoms with van der Waals surface area (Å²) in [5, 5.41) is 8.56. The van der Waals surface area contributed by atoms with E-state index in [1.165, 1.54) is 18.3 Å². The number of benzene rings is 1. The van der Waals surface area contributed by atoms with E-state index in [4.69, 9.17) is 5.11 Å². The zero-order valence-electron chi connectivity index (χ0n) is 10.7. The number of aromatic nitrogens is 1. The van der Waals surface area contributed by atoms with E-state index in [1.807, 2.05) is 0 Å². The zero-order chi connectivity index (χ0) is 15.3. The number of nitrogens with one attached hydrogen (secondary N) is 1. The number of nitrogens with zero attached hydrogens (tertiary/aromatic N) is 1. The van der Waals surface area contributed by atoms with Gasteiger partial charge in [0, 0.05) is 11.8 Å². The fourth-order valence-corrected chi connectivity index (χ4v) is 2.62. The van der Waals surface area contributed by atoms with E-state index in [0.717, 1.165) is 12.1 Å². The van der Waals surface area contributed by atoms with E-state index in [0.29, 0.717) is 0 Å². The molecule has 0 saturated carbocycles. The predicted molar refractivity (Wildman–Crippen MR) is 75.4 cm³/mol. The summed E-state index contributed by atoms with van der Waals surface area (Å²) in [6.07, 6.45) is 1.42. The monoisotopic (exact) mass is 306 g/mol. The summed E-state index contributed by atoms with van der Waals surface area (Å²) in [6.45, 7) is -0.358. The van der Waals surface area contributed by atoms with Gasteiger partial charge in [0.2, 0.25) is 0 Å². The van der Waals surface area contributed by atoms with Crippen molar-refractivity contribution < 1.29 is 17.9 Å². The minimum atomic E-state index is -4.07. The number of aliphatic hydroxyl groups is 1. The van der Waals surface area contributed by atoms with Crippen LogP contribution in [0.4, 0.5) is 10.2 Å². The summed E-state index contributed by atoms with van der Waals surface area (Å²) in [6, 6.07) is 8.16. The third-order valence-corrected chi connectivity index (χ3v) is 3.82. The molecule has 0 bridgehead atoms. The molecule has 0 saturated heterocycles. The molecule has 108 valence electrons. The van der Waals surface area contributed by atoms with Gasteiger partial charge in [-0.15, -0.1) is 0 Å². The first-order chi connectivity index (χ1) is 10.0. The maximum absolute atomic E-state index is 13.9. The highest BCUT2D eigenvalue weighted by atomic mass is 32.2. The molecule has 0 atom stereocenters. The van der Waals surface area contributed by atoms with Crippen molar-refractivity contribution in [2.45, 2.75) is 4.90 Å². The quantitative estimate of drug-likeness (QED) is 0.839. The van der Waals surface area contributed by atoms with Crippen LogP contribution in [-0.2, 0) is 10.0 Å². The lowest BCUT2D eigenvalue weighted by Gasteiger charge is -2.08. The molecular weight excluding hydrogens is 295 g/mol. The Morgan fingerprint density at radius 2 is 2.10 bits per heavy atom. The van der Waals surface area contributed by atoms with Crippen LogP contribution in [0.5, 0.6) is 0 Å². The van der Waals surface area contributed by atoms with Gasteiger partial charge in [-0.05, 0) is 30.3 Å². The fourth-order valence-electron chi connectivity index (χ4n) is 1.55. The number of aliphatic hydroxyl groups excluding tert-OH is 1. The Hall–Kier alpha value is -2.43. The van der Waals surface area contributed by atoms with E-state index in [1.54, 1.807) is 12.1 Å². The molecule has 0 fully saturated rings. The number of sulfonamides is 1. The van der Waals surface area contributed by atoms with Crippen LogP contribution in [-0.4, -0.2) is 25.1 Å². The normalized spacial score (nSPS) is 10.6. The SMILES string of the molecule is O=S(=O)(Nc1ccccn1)c1ccc(C#CCO)cc1F. The van der Waals surface area contributed by atoms with Crippen LogP contribution in [0.25, 0.3) is 0 Å². The average Bonchev–Trinajstić information content (AvgIpc) is 2.45. The molecule has 1 aromatic heterocycles. The molecule has 2 N–H and O–H groups in total. The number of pyridine rings is 1. The maximum atomic E-state index is 13.9. The van der Waals surface area contributed by atoms with Crippen molar-refractivity contribution in [3.05, 3.63) is 54.0 Å². The van der Waals surface area contributed by atoms with Crippen LogP contribution in [0.2, 0.25) is 0 Å². The van der Waals surface area contributed by atoms with Gasteiger partial charge in [0.15, 0.2) is 0 Å². The Kier molecular flexibility index (Phi) is 4.52. The van der Waals surface area contributed by atoms with Crippen molar-refractivity contribution in [1.29, 1.82) is 0 Å². The smallest absolute Gasteiger partial charge is 0.265 e. The maximum Gasteiger partial charge on any atom is 0.265 e. The summed E-state index contributed by atoms with van der Waals surface area (Å²) in [4.78, 5) is 3.32. The minimum absolute atomic E-state index is 0.0982. The first-order valence-electron chi connectivity index (χ1n) is 5.86. The van der Waals surface area contributed by atoms with Gasteiger partial charge in [0.1, 0.15) is 23.1 Å². The van der Waals surface area contributed by atoms with Crippen molar-refractivity contribution in [3.8, 4) is 11.8 Å². The Labute approximate surface area is 121 Å². The lowest BCUT2D eigenvalue weighted by Crippen LogP contribution is -2.15. The third kappa shape index (κ3) is 3.78. The molecule has 2 aromatic rings.